The van der Waals surface area contributed by atoms with Crippen LogP contribution >= 0.6 is 0 Å². The number of hydrogen-bond donors (Lipinski definition) is 0. The molecule has 0 aromatic carbocycles. The van der Waals surface area contributed by atoms with Crippen molar-refractivity contribution in [1.82, 2.24) is 19.6 Å². The third-order valence-corrected chi connectivity index (χ3v) is 5.55. The van der Waals surface area contributed by atoms with Crippen LogP contribution in [-0.4, -0.2) is 62.9 Å². The first-order valence-electron chi connectivity index (χ1n) is 9.66. The van der Waals surface area contributed by atoms with Gasteiger partial charge in [-0.2, -0.15) is 5.10 Å². The van der Waals surface area contributed by atoms with Crippen molar-refractivity contribution < 1.29 is 14.3 Å². The SMILES string of the molecule is CCC[C@H](C)N1CC2(CCN(C(=O)Cn3nc(C)ccc3=O)CC2)OC1=O. The van der Waals surface area contributed by atoms with Crippen LogP contribution in [0.3, 0.4) is 0 Å². The zero-order chi connectivity index (χ0) is 19.6. The number of rotatable bonds is 5. The van der Waals surface area contributed by atoms with Gasteiger partial charge in [-0.3, -0.25) is 9.59 Å². The molecule has 0 radical (unpaired) electrons. The monoisotopic (exact) mass is 376 g/mol. The van der Waals surface area contributed by atoms with Crippen LogP contribution in [0.15, 0.2) is 16.9 Å². The van der Waals surface area contributed by atoms with Gasteiger partial charge >= 0.3 is 6.09 Å². The highest BCUT2D eigenvalue weighted by molar-refractivity contribution is 5.76. The Morgan fingerprint density at radius 2 is 2.00 bits per heavy atom. The molecule has 0 saturated carbocycles. The molecule has 0 aliphatic carbocycles. The Kier molecular flexibility index (Phi) is 5.53. The second kappa shape index (κ2) is 7.70. The van der Waals surface area contributed by atoms with Crippen LogP contribution in [-0.2, 0) is 16.1 Å². The number of piperidine rings is 1. The number of likely N-dealkylation sites (tertiary alicyclic amines) is 1. The van der Waals surface area contributed by atoms with Crippen LogP contribution in [0.25, 0.3) is 0 Å². The number of aromatic nitrogens is 2. The number of aryl methyl sites for hydroxylation is 1. The summed E-state index contributed by atoms with van der Waals surface area (Å²) in [7, 11) is 0. The van der Waals surface area contributed by atoms with Gasteiger partial charge in [0, 0.05) is 38.0 Å². The molecule has 27 heavy (non-hydrogen) atoms. The van der Waals surface area contributed by atoms with Crippen LogP contribution in [0, 0.1) is 6.92 Å². The number of carbonyl (C=O) groups is 2. The number of carbonyl (C=O) groups excluding carboxylic acids is 2. The summed E-state index contributed by atoms with van der Waals surface area (Å²) >= 11 is 0. The van der Waals surface area contributed by atoms with E-state index >= 15 is 0 Å². The first-order valence-corrected chi connectivity index (χ1v) is 9.66. The summed E-state index contributed by atoms with van der Waals surface area (Å²) in [4.78, 5) is 40.2. The summed E-state index contributed by atoms with van der Waals surface area (Å²) in [5.74, 6) is -0.134. The van der Waals surface area contributed by atoms with Crippen molar-refractivity contribution in [3.8, 4) is 0 Å². The van der Waals surface area contributed by atoms with Gasteiger partial charge in [0.1, 0.15) is 12.1 Å². The molecular formula is C19H28N4O4. The predicted octanol–water partition coefficient (Wildman–Crippen LogP) is 1.55. The van der Waals surface area contributed by atoms with Crippen LogP contribution in [0.4, 0.5) is 4.79 Å². The molecule has 3 rings (SSSR count). The normalized spacial score (nSPS) is 20.0. The van der Waals surface area contributed by atoms with E-state index in [1.54, 1.807) is 17.9 Å². The molecule has 0 bridgehead atoms. The minimum absolute atomic E-state index is 0.0625. The number of nitrogens with zero attached hydrogens (tertiary/aromatic N) is 4. The predicted molar refractivity (Wildman–Crippen MR) is 99.3 cm³/mol. The van der Waals surface area contributed by atoms with E-state index in [2.05, 4.69) is 18.9 Å². The van der Waals surface area contributed by atoms with Crippen LogP contribution in [0.1, 0.15) is 45.2 Å². The largest absolute Gasteiger partial charge is 0.441 e. The summed E-state index contributed by atoms with van der Waals surface area (Å²) < 4.78 is 6.93. The topological polar surface area (TPSA) is 84.7 Å². The summed E-state index contributed by atoms with van der Waals surface area (Å²) in [6.07, 6.45) is 2.97. The molecular weight excluding hydrogens is 348 g/mol. The molecule has 1 spiro atoms. The van der Waals surface area contributed by atoms with Crippen LogP contribution in [0.5, 0.6) is 0 Å². The Morgan fingerprint density at radius 1 is 1.30 bits per heavy atom. The van der Waals surface area contributed by atoms with E-state index in [0.29, 0.717) is 38.2 Å². The summed E-state index contributed by atoms with van der Waals surface area (Å²) in [5.41, 5.74) is -0.0826. The summed E-state index contributed by atoms with van der Waals surface area (Å²) in [6.45, 7) is 7.50. The molecule has 0 unspecified atom stereocenters. The minimum atomic E-state index is -0.492. The molecule has 2 aliphatic rings. The third kappa shape index (κ3) is 4.14. The van der Waals surface area contributed by atoms with Crippen molar-refractivity contribution >= 4 is 12.0 Å². The van der Waals surface area contributed by atoms with Crippen molar-refractivity contribution in [2.75, 3.05) is 19.6 Å². The maximum absolute atomic E-state index is 12.6. The summed E-state index contributed by atoms with van der Waals surface area (Å²) in [5, 5.41) is 4.12. The van der Waals surface area contributed by atoms with Gasteiger partial charge in [0.2, 0.25) is 5.91 Å². The van der Waals surface area contributed by atoms with Crippen molar-refractivity contribution in [3.63, 3.8) is 0 Å². The highest BCUT2D eigenvalue weighted by Crippen LogP contribution is 2.34. The molecule has 2 saturated heterocycles. The Hall–Kier alpha value is -2.38. The van der Waals surface area contributed by atoms with E-state index in [1.165, 1.54) is 10.7 Å². The number of hydrogen-bond acceptors (Lipinski definition) is 5. The maximum Gasteiger partial charge on any atom is 0.410 e. The quantitative estimate of drug-likeness (QED) is 0.778. The molecule has 1 atom stereocenters. The van der Waals surface area contributed by atoms with E-state index in [9.17, 15) is 14.4 Å². The average molecular weight is 376 g/mol. The maximum atomic E-state index is 12.6. The molecule has 2 aliphatic heterocycles. The van der Waals surface area contributed by atoms with Gasteiger partial charge in [0.25, 0.3) is 5.56 Å². The zero-order valence-corrected chi connectivity index (χ0v) is 16.3. The lowest BCUT2D eigenvalue weighted by molar-refractivity contribution is -0.135. The van der Waals surface area contributed by atoms with Gasteiger partial charge in [-0.1, -0.05) is 13.3 Å². The smallest absolute Gasteiger partial charge is 0.410 e. The molecule has 0 N–H and O–H groups in total. The van der Waals surface area contributed by atoms with E-state index in [4.69, 9.17) is 4.74 Å². The second-order valence-electron chi connectivity index (χ2n) is 7.67. The van der Waals surface area contributed by atoms with Crippen molar-refractivity contribution in [2.45, 2.75) is 64.6 Å². The van der Waals surface area contributed by atoms with Gasteiger partial charge in [-0.05, 0) is 26.3 Å². The Balaban J connectivity index is 1.59. The second-order valence-corrected chi connectivity index (χ2v) is 7.67. The zero-order valence-electron chi connectivity index (χ0n) is 16.3. The van der Waals surface area contributed by atoms with Crippen LogP contribution in [0.2, 0.25) is 0 Å². The van der Waals surface area contributed by atoms with E-state index < -0.39 is 5.60 Å². The van der Waals surface area contributed by atoms with E-state index in [-0.39, 0.29) is 30.1 Å². The van der Waals surface area contributed by atoms with Gasteiger partial charge < -0.3 is 14.5 Å². The van der Waals surface area contributed by atoms with Crippen molar-refractivity contribution in [1.29, 1.82) is 0 Å². The molecule has 8 nitrogen and oxygen atoms in total. The Bertz CT molecular complexity index is 767. The van der Waals surface area contributed by atoms with Gasteiger partial charge in [-0.15, -0.1) is 0 Å². The first-order chi connectivity index (χ1) is 12.8. The standard InChI is InChI=1S/C19H28N4O4/c1-4-5-15(3)22-13-19(27-18(22)26)8-10-21(11-9-19)17(25)12-23-16(24)7-6-14(2)20-23/h6-7,15H,4-5,8-13H2,1-3H3/t15-/m0/s1. The molecule has 1 aromatic heterocycles. The number of amides is 2. The third-order valence-electron chi connectivity index (χ3n) is 5.55. The number of ether oxygens (including phenoxy) is 1. The fraction of sp³-hybridized carbons (Fsp3) is 0.684. The van der Waals surface area contributed by atoms with Crippen molar-refractivity contribution in [3.05, 3.63) is 28.2 Å². The molecule has 148 valence electrons. The molecule has 8 heteroatoms. The average Bonchev–Trinajstić information content (AvgIpc) is 2.95. The lowest BCUT2D eigenvalue weighted by Crippen LogP contribution is -2.50. The lowest BCUT2D eigenvalue weighted by Gasteiger charge is -2.37. The van der Waals surface area contributed by atoms with Crippen LogP contribution < -0.4 is 5.56 Å². The van der Waals surface area contributed by atoms with Gasteiger partial charge in [0.15, 0.2) is 0 Å². The summed E-state index contributed by atoms with van der Waals surface area (Å²) in [6, 6.07) is 3.22. The fourth-order valence-electron chi connectivity index (χ4n) is 3.88. The van der Waals surface area contributed by atoms with Gasteiger partial charge in [0.05, 0.1) is 12.2 Å². The first kappa shape index (κ1) is 19.4. The minimum Gasteiger partial charge on any atom is -0.441 e. The highest BCUT2D eigenvalue weighted by Gasteiger charge is 2.48. The highest BCUT2D eigenvalue weighted by atomic mass is 16.6. The van der Waals surface area contributed by atoms with Crippen molar-refractivity contribution in [2.24, 2.45) is 0 Å². The molecule has 1 aromatic rings. The molecule has 3 heterocycles. The van der Waals surface area contributed by atoms with E-state index in [0.717, 1.165) is 12.8 Å². The molecule has 2 amide bonds. The lowest BCUT2D eigenvalue weighted by atomic mass is 9.91. The molecule has 2 fully saturated rings. The van der Waals surface area contributed by atoms with Gasteiger partial charge in [-0.25, -0.2) is 9.48 Å². The van der Waals surface area contributed by atoms with E-state index in [1.807, 2.05) is 4.90 Å². The Morgan fingerprint density at radius 3 is 2.67 bits per heavy atom. The Labute approximate surface area is 159 Å². The fourth-order valence-corrected chi connectivity index (χ4v) is 3.88.